The predicted molar refractivity (Wildman–Crippen MR) is 119 cm³/mol. The fourth-order valence-corrected chi connectivity index (χ4v) is 4.14. The molecule has 0 fully saturated rings. The summed E-state index contributed by atoms with van der Waals surface area (Å²) in [6.45, 7) is 4.31. The molecule has 0 bridgehead atoms. The zero-order chi connectivity index (χ0) is 22.8. The van der Waals surface area contributed by atoms with Gasteiger partial charge >= 0.3 is 11.9 Å². The number of rotatable bonds is 10. The van der Waals surface area contributed by atoms with Gasteiger partial charge in [-0.2, -0.15) is 5.26 Å². The molecule has 31 heavy (non-hydrogen) atoms. The van der Waals surface area contributed by atoms with Crippen molar-refractivity contribution in [2.75, 3.05) is 32.7 Å². The molecule has 0 radical (unpaired) electrons. The van der Waals surface area contributed by atoms with Crippen molar-refractivity contribution in [3.8, 4) is 6.07 Å². The van der Waals surface area contributed by atoms with E-state index in [1.165, 1.54) is 7.11 Å². The highest BCUT2D eigenvalue weighted by Gasteiger charge is 2.36. The van der Waals surface area contributed by atoms with Crippen LogP contribution in [0.2, 0.25) is 5.02 Å². The first-order chi connectivity index (χ1) is 14.9. The average Bonchev–Trinajstić information content (AvgIpc) is 2.76. The second-order valence-electron chi connectivity index (χ2n) is 6.61. The lowest BCUT2D eigenvalue weighted by Gasteiger charge is -2.29. The standard InChI is InChI=1S/C22H25ClN2O5S/c1-4-9-29-18(26)13-31-21-16(12-24)20(15-7-5-6-8-17(15)23)19(14(2)25-21)22(27)30-11-10-28-3/h5-8,20,25H,4,9-11,13H2,1-3H3/t20-/m1/s1. The molecular formula is C22H25ClN2O5S. The lowest BCUT2D eigenvalue weighted by atomic mass is 9.82. The normalized spacial score (nSPS) is 15.9. The smallest absolute Gasteiger partial charge is 0.336 e. The molecule has 1 N–H and O–H groups in total. The zero-order valence-corrected chi connectivity index (χ0v) is 19.3. The van der Waals surface area contributed by atoms with E-state index in [1.54, 1.807) is 31.2 Å². The van der Waals surface area contributed by atoms with Crippen molar-refractivity contribution in [2.24, 2.45) is 0 Å². The van der Waals surface area contributed by atoms with E-state index in [1.807, 2.05) is 6.92 Å². The molecule has 0 saturated heterocycles. The number of hydrogen-bond acceptors (Lipinski definition) is 8. The summed E-state index contributed by atoms with van der Waals surface area (Å²) in [6.07, 6.45) is 0.728. The van der Waals surface area contributed by atoms with Gasteiger partial charge in [-0.1, -0.05) is 48.5 Å². The number of nitrogens with one attached hydrogen (secondary N) is 1. The summed E-state index contributed by atoms with van der Waals surface area (Å²) in [5.41, 5.74) is 1.70. The number of halogens is 1. The van der Waals surface area contributed by atoms with Crippen LogP contribution in [0.1, 0.15) is 31.7 Å². The molecule has 0 saturated carbocycles. The number of dihydropyridines is 1. The minimum absolute atomic E-state index is 0.0314. The average molecular weight is 465 g/mol. The third-order valence-electron chi connectivity index (χ3n) is 4.41. The van der Waals surface area contributed by atoms with Crippen molar-refractivity contribution in [3.05, 3.63) is 56.7 Å². The van der Waals surface area contributed by atoms with Crippen LogP contribution in [0.4, 0.5) is 0 Å². The predicted octanol–water partition coefficient (Wildman–Crippen LogP) is 3.91. The molecule has 0 aromatic heterocycles. The fourth-order valence-electron chi connectivity index (χ4n) is 3.00. The number of nitriles is 1. The van der Waals surface area contributed by atoms with Gasteiger partial charge in [-0.05, 0) is 25.0 Å². The molecule has 9 heteroatoms. The van der Waals surface area contributed by atoms with E-state index < -0.39 is 11.9 Å². The van der Waals surface area contributed by atoms with Crippen molar-refractivity contribution in [3.63, 3.8) is 0 Å². The summed E-state index contributed by atoms with van der Waals surface area (Å²) in [5.74, 6) is -1.64. The molecule has 1 heterocycles. The monoisotopic (exact) mass is 464 g/mol. The molecule has 1 aromatic rings. The molecule has 0 amide bonds. The van der Waals surface area contributed by atoms with Crippen LogP contribution in [0.3, 0.4) is 0 Å². The van der Waals surface area contributed by atoms with Gasteiger partial charge in [-0.3, -0.25) is 4.79 Å². The van der Waals surface area contributed by atoms with Crippen LogP contribution in [-0.2, 0) is 23.8 Å². The highest BCUT2D eigenvalue weighted by Crippen LogP contribution is 2.43. The Morgan fingerprint density at radius 3 is 2.61 bits per heavy atom. The highest BCUT2D eigenvalue weighted by atomic mass is 35.5. The molecule has 2 rings (SSSR count). The minimum atomic E-state index is -0.732. The number of allylic oxidation sites excluding steroid dienone is 2. The molecule has 1 atom stereocenters. The number of benzene rings is 1. The molecule has 7 nitrogen and oxygen atoms in total. The van der Waals surface area contributed by atoms with Crippen LogP contribution < -0.4 is 5.32 Å². The molecular weight excluding hydrogens is 440 g/mol. The van der Waals surface area contributed by atoms with E-state index in [0.29, 0.717) is 33.5 Å². The van der Waals surface area contributed by atoms with E-state index in [4.69, 9.17) is 25.8 Å². The van der Waals surface area contributed by atoms with Gasteiger partial charge < -0.3 is 19.5 Å². The van der Waals surface area contributed by atoms with Crippen LogP contribution in [-0.4, -0.2) is 44.6 Å². The molecule has 1 aliphatic heterocycles. The van der Waals surface area contributed by atoms with Gasteiger partial charge in [0.25, 0.3) is 0 Å². The van der Waals surface area contributed by atoms with E-state index in [2.05, 4.69) is 11.4 Å². The number of thioether (sulfide) groups is 1. The van der Waals surface area contributed by atoms with Crippen molar-refractivity contribution >= 4 is 35.3 Å². The molecule has 0 unspecified atom stereocenters. The summed E-state index contributed by atoms with van der Waals surface area (Å²) >= 11 is 7.58. The number of carbonyl (C=O) groups excluding carboxylic acids is 2. The lowest BCUT2D eigenvalue weighted by Crippen LogP contribution is -2.29. The molecule has 0 spiro atoms. The van der Waals surface area contributed by atoms with Gasteiger partial charge in [0.1, 0.15) is 6.61 Å². The first kappa shape index (κ1) is 24.8. The van der Waals surface area contributed by atoms with Gasteiger partial charge in [0.05, 0.1) is 47.1 Å². The first-order valence-electron chi connectivity index (χ1n) is 9.75. The van der Waals surface area contributed by atoms with Gasteiger partial charge in [-0.25, -0.2) is 4.79 Å². The Bertz CT molecular complexity index is 923. The van der Waals surface area contributed by atoms with Gasteiger partial charge in [-0.15, -0.1) is 0 Å². The summed E-state index contributed by atoms with van der Waals surface area (Å²) in [4.78, 5) is 24.8. The molecule has 1 aromatic carbocycles. The van der Waals surface area contributed by atoms with Crippen molar-refractivity contribution in [1.29, 1.82) is 5.26 Å². The summed E-state index contributed by atoms with van der Waals surface area (Å²) in [7, 11) is 1.51. The number of ether oxygens (including phenoxy) is 3. The number of methoxy groups -OCH3 is 1. The minimum Gasteiger partial charge on any atom is -0.465 e. The maximum Gasteiger partial charge on any atom is 0.336 e. The molecule has 0 aliphatic carbocycles. The number of nitrogens with zero attached hydrogens (tertiary/aromatic N) is 1. The Kier molecular flexibility index (Phi) is 9.92. The number of carbonyl (C=O) groups is 2. The Hall–Kier alpha value is -2.47. The SMILES string of the molecule is CCCOC(=O)CSC1=C(C#N)[C@@H](c2ccccc2Cl)C(C(=O)OCCOC)=C(C)N1. The van der Waals surface area contributed by atoms with Gasteiger partial charge in [0, 0.05) is 17.8 Å². The van der Waals surface area contributed by atoms with E-state index in [-0.39, 0.29) is 30.5 Å². The topological polar surface area (TPSA) is 97.7 Å². The Labute approximate surface area is 191 Å². The Morgan fingerprint density at radius 2 is 1.97 bits per heavy atom. The van der Waals surface area contributed by atoms with E-state index >= 15 is 0 Å². The number of esters is 2. The highest BCUT2D eigenvalue weighted by molar-refractivity contribution is 8.03. The third kappa shape index (κ3) is 6.50. The van der Waals surface area contributed by atoms with Gasteiger partial charge in [0.15, 0.2) is 0 Å². The van der Waals surface area contributed by atoms with Crippen LogP contribution in [0, 0.1) is 11.3 Å². The maximum atomic E-state index is 12.9. The van der Waals surface area contributed by atoms with Crippen molar-refractivity contribution in [2.45, 2.75) is 26.2 Å². The Balaban J connectivity index is 2.42. The van der Waals surface area contributed by atoms with Crippen LogP contribution in [0.15, 0.2) is 46.1 Å². The molecule has 166 valence electrons. The summed E-state index contributed by atoms with van der Waals surface area (Å²) in [5, 5.41) is 14.0. The van der Waals surface area contributed by atoms with Crippen LogP contribution >= 0.6 is 23.4 Å². The quantitative estimate of drug-likeness (QED) is 0.411. The van der Waals surface area contributed by atoms with Crippen molar-refractivity contribution in [1.82, 2.24) is 5.32 Å². The largest absolute Gasteiger partial charge is 0.465 e. The third-order valence-corrected chi connectivity index (χ3v) is 5.74. The molecule has 1 aliphatic rings. The van der Waals surface area contributed by atoms with Gasteiger partial charge in [0.2, 0.25) is 0 Å². The zero-order valence-electron chi connectivity index (χ0n) is 17.7. The lowest BCUT2D eigenvalue weighted by molar-refractivity contribution is -0.141. The fraction of sp³-hybridized carbons (Fsp3) is 0.409. The first-order valence-corrected chi connectivity index (χ1v) is 11.1. The number of hydrogen-bond donors (Lipinski definition) is 1. The van der Waals surface area contributed by atoms with E-state index in [0.717, 1.165) is 18.2 Å². The summed E-state index contributed by atoms with van der Waals surface area (Å²) in [6, 6.07) is 9.22. The van der Waals surface area contributed by atoms with Crippen molar-refractivity contribution < 1.29 is 23.8 Å². The second-order valence-corrected chi connectivity index (χ2v) is 8.00. The summed E-state index contributed by atoms with van der Waals surface area (Å²) < 4.78 is 15.4. The van der Waals surface area contributed by atoms with Crippen LogP contribution in [0.5, 0.6) is 0 Å². The maximum absolute atomic E-state index is 12.9. The van der Waals surface area contributed by atoms with E-state index in [9.17, 15) is 14.9 Å². The second kappa shape index (κ2) is 12.4. The van der Waals surface area contributed by atoms with Crippen LogP contribution in [0.25, 0.3) is 0 Å². The Morgan fingerprint density at radius 1 is 1.23 bits per heavy atom.